The van der Waals surface area contributed by atoms with E-state index in [1.807, 2.05) is 34.1 Å². The number of nitrogens with one attached hydrogen (secondary N) is 2. The molecule has 8 nitrogen and oxygen atoms in total. The smallest absolute Gasteiger partial charge is 0.238 e. The number of para-hydroxylation sites is 1. The van der Waals surface area contributed by atoms with Crippen LogP contribution in [0.2, 0.25) is 5.02 Å². The van der Waals surface area contributed by atoms with Crippen molar-refractivity contribution >= 4 is 40.7 Å². The third-order valence-electron chi connectivity index (χ3n) is 5.30. The van der Waals surface area contributed by atoms with E-state index in [4.69, 9.17) is 16.3 Å². The van der Waals surface area contributed by atoms with Crippen molar-refractivity contribution < 1.29 is 19.1 Å². The van der Waals surface area contributed by atoms with Gasteiger partial charge in [0.25, 0.3) is 0 Å². The number of methoxy groups -OCH3 is 1. The van der Waals surface area contributed by atoms with E-state index in [1.165, 1.54) is 6.92 Å². The number of anilines is 2. The number of rotatable bonds is 6. The summed E-state index contributed by atoms with van der Waals surface area (Å²) in [5, 5.41) is 5.80. The molecule has 2 N–H and O–H groups in total. The predicted octanol–water partition coefficient (Wildman–Crippen LogP) is 3.15. The number of nitrogens with zero attached hydrogens (tertiary/aromatic N) is 2. The maximum absolute atomic E-state index is 12.7. The van der Waals surface area contributed by atoms with E-state index in [9.17, 15) is 14.4 Å². The van der Waals surface area contributed by atoms with Crippen LogP contribution < -0.4 is 15.4 Å². The minimum absolute atomic E-state index is 0.0175. The molecule has 1 heterocycles. The maximum Gasteiger partial charge on any atom is 0.238 e. The van der Waals surface area contributed by atoms with Gasteiger partial charge in [0.05, 0.1) is 30.4 Å². The van der Waals surface area contributed by atoms with Crippen LogP contribution in [0.4, 0.5) is 11.4 Å². The van der Waals surface area contributed by atoms with Gasteiger partial charge in [-0.2, -0.15) is 0 Å². The second-order valence-electron chi connectivity index (χ2n) is 7.63. The summed E-state index contributed by atoms with van der Waals surface area (Å²) >= 11 is 6.25. The molecule has 0 unspecified atom stereocenters. The normalized spacial score (nSPS) is 16.4. The Morgan fingerprint density at radius 1 is 1.09 bits per heavy atom. The van der Waals surface area contributed by atoms with Crippen molar-refractivity contribution in [2.24, 2.45) is 0 Å². The molecule has 1 aliphatic heterocycles. The lowest BCUT2D eigenvalue weighted by Crippen LogP contribution is -2.51. The summed E-state index contributed by atoms with van der Waals surface area (Å²) in [6.07, 6.45) is 0. The highest BCUT2D eigenvalue weighted by Gasteiger charge is 2.32. The van der Waals surface area contributed by atoms with Gasteiger partial charge in [0, 0.05) is 44.7 Å². The Bertz CT molecular complexity index is 1010. The number of carbonyl (C=O) groups is 3. The molecule has 3 rings (SSSR count). The van der Waals surface area contributed by atoms with Gasteiger partial charge in [-0.05, 0) is 24.3 Å². The summed E-state index contributed by atoms with van der Waals surface area (Å²) in [5.41, 5.74) is 1.93. The van der Waals surface area contributed by atoms with Crippen molar-refractivity contribution in [1.29, 1.82) is 0 Å². The summed E-state index contributed by atoms with van der Waals surface area (Å²) in [5.74, 6) is 0.276. The van der Waals surface area contributed by atoms with Crippen LogP contribution in [0.3, 0.4) is 0 Å². The highest BCUT2D eigenvalue weighted by atomic mass is 35.5. The van der Waals surface area contributed by atoms with Crippen molar-refractivity contribution in [1.82, 2.24) is 9.80 Å². The lowest BCUT2D eigenvalue weighted by Gasteiger charge is -2.41. The second-order valence-corrected chi connectivity index (χ2v) is 8.04. The molecule has 170 valence electrons. The van der Waals surface area contributed by atoms with Crippen molar-refractivity contribution in [2.75, 3.05) is 43.9 Å². The molecule has 32 heavy (non-hydrogen) atoms. The molecule has 0 radical (unpaired) electrons. The van der Waals surface area contributed by atoms with Crippen molar-refractivity contribution in [3.05, 3.63) is 53.1 Å². The Hall–Kier alpha value is -3.10. The molecule has 2 aromatic carbocycles. The van der Waals surface area contributed by atoms with Crippen molar-refractivity contribution in [3.8, 4) is 5.75 Å². The van der Waals surface area contributed by atoms with Crippen LogP contribution in [-0.2, 0) is 14.4 Å². The summed E-state index contributed by atoms with van der Waals surface area (Å²) < 4.78 is 5.49. The number of hydrogen-bond donors (Lipinski definition) is 2. The molecule has 0 aliphatic carbocycles. The number of halogens is 1. The molecule has 1 atom stereocenters. The van der Waals surface area contributed by atoms with Gasteiger partial charge in [0.2, 0.25) is 17.7 Å². The molecule has 1 aliphatic rings. The number of ether oxygens (including phenoxy) is 1. The molecule has 3 amide bonds. The fourth-order valence-corrected chi connectivity index (χ4v) is 4.09. The van der Waals surface area contributed by atoms with Crippen LogP contribution in [-0.4, -0.2) is 60.8 Å². The molecular formula is C23H27ClN4O4. The first-order chi connectivity index (χ1) is 15.3. The molecule has 2 aromatic rings. The highest BCUT2D eigenvalue weighted by molar-refractivity contribution is 6.34. The van der Waals surface area contributed by atoms with E-state index < -0.39 is 0 Å². The molecule has 0 spiro atoms. The van der Waals surface area contributed by atoms with E-state index in [1.54, 1.807) is 32.2 Å². The summed E-state index contributed by atoms with van der Waals surface area (Å²) in [6, 6.07) is 12.3. The average Bonchev–Trinajstić information content (AvgIpc) is 2.75. The van der Waals surface area contributed by atoms with Crippen LogP contribution in [0.15, 0.2) is 42.5 Å². The quantitative estimate of drug-likeness (QED) is 0.694. The summed E-state index contributed by atoms with van der Waals surface area (Å²) in [4.78, 5) is 39.9. The van der Waals surface area contributed by atoms with E-state index in [0.717, 1.165) is 5.56 Å². The van der Waals surface area contributed by atoms with Gasteiger partial charge in [0.15, 0.2) is 0 Å². The standard InChI is InChI=1S/C23H27ClN4O4/c1-15(29)25-17-8-9-20(19(24)12-17)26-23(31)14-27-10-11-28(16(2)30)21(13-27)18-6-4-5-7-22(18)32-3/h4-9,12,21H,10-11,13-14H2,1-3H3,(H,25,29)(H,26,31)/t21-/m1/s1. The molecule has 0 bridgehead atoms. The van der Waals surface area contributed by atoms with Gasteiger partial charge >= 0.3 is 0 Å². The summed E-state index contributed by atoms with van der Waals surface area (Å²) in [6.45, 7) is 4.71. The van der Waals surface area contributed by atoms with Crippen LogP contribution in [0.1, 0.15) is 25.5 Å². The van der Waals surface area contributed by atoms with E-state index in [2.05, 4.69) is 10.6 Å². The lowest BCUT2D eigenvalue weighted by molar-refractivity contribution is -0.134. The number of benzene rings is 2. The zero-order chi connectivity index (χ0) is 23.3. The van der Waals surface area contributed by atoms with Crippen molar-refractivity contribution in [3.63, 3.8) is 0 Å². The molecule has 0 saturated carbocycles. The second kappa shape index (κ2) is 10.5. The lowest BCUT2D eigenvalue weighted by atomic mass is 10.0. The first-order valence-electron chi connectivity index (χ1n) is 10.3. The highest BCUT2D eigenvalue weighted by Crippen LogP contribution is 2.32. The fraction of sp³-hybridized carbons (Fsp3) is 0.348. The Morgan fingerprint density at radius 3 is 2.50 bits per heavy atom. The molecule has 9 heteroatoms. The Balaban J connectivity index is 1.69. The third kappa shape index (κ3) is 5.77. The molecule has 1 fully saturated rings. The predicted molar refractivity (Wildman–Crippen MR) is 124 cm³/mol. The molecule has 1 saturated heterocycles. The Labute approximate surface area is 192 Å². The Morgan fingerprint density at radius 2 is 1.84 bits per heavy atom. The van der Waals surface area contributed by atoms with E-state index in [-0.39, 0.29) is 30.3 Å². The van der Waals surface area contributed by atoms with E-state index >= 15 is 0 Å². The first kappa shape index (κ1) is 23.6. The zero-order valence-electron chi connectivity index (χ0n) is 18.4. The average molecular weight is 459 g/mol. The largest absolute Gasteiger partial charge is 0.496 e. The minimum atomic E-state index is -0.217. The number of amides is 3. The fourth-order valence-electron chi connectivity index (χ4n) is 3.86. The van der Waals surface area contributed by atoms with Gasteiger partial charge in [-0.3, -0.25) is 19.3 Å². The number of carbonyl (C=O) groups excluding carboxylic acids is 3. The number of piperazine rings is 1. The number of hydrogen-bond acceptors (Lipinski definition) is 5. The minimum Gasteiger partial charge on any atom is -0.496 e. The van der Waals surface area contributed by atoms with Crippen LogP contribution in [0, 0.1) is 0 Å². The van der Waals surface area contributed by atoms with Crippen LogP contribution in [0.5, 0.6) is 5.75 Å². The van der Waals surface area contributed by atoms with Gasteiger partial charge in [-0.1, -0.05) is 29.8 Å². The summed E-state index contributed by atoms with van der Waals surface area (Å²) in [7, 11) is 1.60. The molecule has 0 aromatic heterocycles. The van der Waals surface area contributed by atoms with Gasteiger partial charge in [0.1, 0.15) is 5.75 Å². The maximum atomic E-state index is 12.7. The Kier molecular flexibility index (Phi) is 7.71. The SMILES string of the molecule is COc1ccccc1[C@H]1CN(CC(=O)Nc2ccc(NC(C)=O)cc2Cl)CCN1C(C)=O. The van der Waals surface area contributed by atoms with Gasteiger partial charge in [-0.15, -0.1) is 0 Å². The zero-order valence-corrected chi connectivity index (χ0v) is 19.1. The van der Waals surface area contributed by atoms with Gasteiger partial charge in [-0.25, -0.2) is 0 Å². The van der Waals surface area contributed by atoms with Crippen LogP contribution >= 0.6 is 11.6 Å². The van der Waals surface area contributed by atoms with Crippen LogP contribution in [0.25, 0.3) is 0 Å². The first-order valence-corrected chi connectivity index (χ1v) is 10.7. The van der Waals surface area contributed by atoms with E-state index in [0.29, 0.717) is 41.8 Å². The molecular weight excluding hydrogens is 432 g/mol. The monoisotopic (exact) mass is 458 g/mol. The van der Waals surface area contributed by atoms with Crippen molar-refractivity contribution in [2.45, 2.75) is 19.9 Å². The third-order valence-corrected chi connectivity index (χ3v) is 5.61. The van der Waals surface area contributed by atoms with Gasteiger partial charge < -0.3 is 20.3 Å². The topological polar surface area (TPSA) is 91.0 Å².